The van der Waals surface area contributed by atoms with Gasteiger partial charge in [0.2, 0.25) is 5.95 Å². The number of hydrogen-bond acceptors (Lipinski definition) is 4. The molecule has 1 saturated carbocycles. The number of aromatic nitrogens is 2. The predicted octanol–water partition coefficient (Wildman–Crippen LogP) is 3.01. The van der Waals surface area contributed by atoms with E-state index in [0.717, 1.165) is 50.0 Å². The van der Waals surface area contributed by atoms with Crippen molar-refractivity contribution in [2.45, 2.75) is 65.4 Å². The Hall–Kier alpha value is -1.16. The third-order valence-corrected chi connectivity index (χ3v) is 4.19. The van der Waals surface area contributed by atoms with Crippen LogP contribution in [0.5, 0.6) is 0 Å². The van der Waals surface area contributed by atoms with Crippen LogP contribution in [0.4, 0.5) is 5.95 Å². The molecular weight excluding hydrogens is 250 g/mol. The Balaban J connectivity index is 1.95. The molecular formula is C16H27N3O. The van der Waals surface area contributed by atoms with E-state index in [-0.39, 0.29) is 0 Å². The Bertz CT molecular complexity index is 444. The summed E-state index contributed by atoms with van der Waals surface area (Å²) < 4.78 is 0. The third-order valence-electron chi connectivity index (χ3n) is 4.19. The number of nitrogens with zero attached hydrogens (tertiary/aromatic N) is 2. The maximum absolute atomic E-state index is 10.1. The summed E-state index contributed by atoms with van der Waals surface area (Å²) in [6.07, 6.45) is 4.82. The molecule has 2 rings (SSSR count). The molecule has 0 aliphatic heterocycles. The number of hydrogen-bond donors (Lipinski definition) is 2. The summed E-state index contributed by atoms with van der Waals surface area (Å²) in [6.45, 7) is 9.27. The zero-order valence-corrected chi connectivity index (χ0v) is 13.2. The molecule has 0 bridgehead atoms. The lowest BCUT2D eigenvalue weighted by Crippen LogP contribution is -2.38. The van der Waals surface area contributed by atoms with Gasteiger partial charge in [0.1, 0.15) is 0 Å². The molecule has 1 aromatic rings. The maximum atomic E-state index is 10.1. The molecule has 4 nitrogen and oxygen atoms in total. The average molecular weight is 277 g/mol. The van der Waals surface area contributed by atoms with Crippen LogP contribution in [0.1, 0.15) is 56.5 Å². The highest BCUT2D eigenvalue weighted by atomic mass is 16.3. The van der Waals surface area contributed by atoms with Crippen molar-refractivity contribution in [3.8, 4) is 0 Å². The standard InChI is InChI=1S/C16H27N3O/c1-11(2)10-14-12(3)18-15(19-13(14)4)17-9-8-16(20)6-5-7-16/h11,20H,5-10H2,1-4H3,(H,17,18,19). The first-order valence-corrected chi connectivity index (χ1v) is 7.70. The zero-order chi connectivity index (χ0) is 14.8. The van der Waals surface area contributed by atoms with Crippen molar-refractivity contribution >= 4 is 5.95 Å². The second kappa shape index (κ2) is 6.08. The van der Waals surface area contributed by atoms with Crippen molar-refractivity contribution in [2.24, 2.45) is 5.92 Å². The molecule has 0 aromatic carbocycles. The SMILES string of the molecule is Cc1nc(NCCC2(O)CCC2)nc(C)c1CC(C)C. The topological polar surface area (TPSA) is 58.0 Å². The molecule has 1 aliphatic rings. The quantitative estimate of drug-likeness (QED) is 0.839. The highest BCUT2D eigenvalue weighted by Gasteiger charge is 2.33. The van der Waals surface area contributed by atoms with E-state index in [1.165, 1.54) is 5.56 Å². The van der Waals surface area contributed by atoms with Crippen LogP contribution in [0, 0.1) is 19.8 Å². The van der Waals surface area contributed by atoms with Crippen molar-refractivity contribution in [2.75, 3.05) is 11.9 Å². The van der Waals surface area contributed by atoms with Crippen LogP contribution in [-0.4, -0.2) is 27.2 Å². The van der Waals surface area contributed by atoms with E-state index >= 15 is 0 Å². The van der Waals surface area contributed by atoms with Crippen LogP contribution < -0.4 is 5.32 Å². The van der Waals surface area contributed by atoms with Gasteiger partial charge in [-0.2, -0.15) is 0 Å². The van der Waals surface area contributed by atoms with Crippen molar-refractivity contribution in [3.63, 3.8) is 0 Å². The fraction of sp³-hybridized carbons (Fsp3) is 0.750. The summed E-state index contributed by atoms with van der Waals surface area (Å²) in [7, 11) is 0. The second-order valence-electron chi connectivity index (χ2n) is 6.55. The lowest BCUT2D eigenvalue weighted by atomic mass is 9.78. The van der Waals surface area contributed by atoms with E-state index in [2.05, 4.69) is 43.0 Å². The molecule has 4 heteroatoms. The van der Waals surface area contributed by atoms with Gasteiger partial charge in [-0.25, -0.2) is 9.97 Å². The first kappa shape index (κ1) is 15.2. The van der Waals surface area contributed by atoms with E-state index < -0.39 is 5.60 Å². The molecule has 0 saturated heterocycles. The van der Waals surface area contributed by atoms with Crippen LogP contribution >= 0.6 is 0 Å². The van der Waals surface area contributed by atoms with Gasteiger partial charge in [0.15, 0.2) is 0 Å². The van der Waals surface area contributed by atoms with Gasteiger partial charge in [0.05, 0.1) is 5.60 Å². The summed E-state index contributed by atoms with van der Waals surface area (Å²) in [5.74, 6) is 1.30. The van der Waals surface area contributed by atoms with Gasteiger partial charge in [-0.3, -0.25) is 0 Å². The average Bonchev–Trinajstić information content (AvgIpc) is 2.31. The van der Waals surface area contributed by atoms with E-state index in [9.17, 15) is 5.11 Å². The Morgan fingerprint density at radius 3 is 2.25 bits per heavy atom. The minimum absolute atomic E-state index is 0.436. The van der Waals surface area contributed by atoms with E-state index in [0.29, 0.717) is 11.9 Å². The maximum Gasteiger partial charge on any atom is 0.223 e. The van der Waals surface area contributed by atoms with E-state index in [4.69, 9.17) is 0 Å². The van der Waals surface area contributed by atoms with Gasteiger partial charge in [-0.15, -0.1) is 0 Å². The minimum atomic E-state index is -0.436. The molecule has 1 fully saturated rings. The van der Waals surface area contributed by atoms with Gasteiger partial charge in [0.25, 0.3) is 0 Å². The normalized spacial score (nSPS) is 17.1. The molecule has 0 unspecified atom stereocenters. The highest BCUT2D eigenvalue weighted by Crippen LogP contribution is 2.34. The number of rotatable bonds is 6. The van der Waals surface area contributed by atoms with E-state index in [1.54, 1.807) is 0 Å². The van der Waals surface area contributed by atoms with Crippen molar-refractivity contribution in [3.05, 3.63) is 17.0 Å². The fourth-order valence-corrected chi connectivity index (χ4v) is 2.76. The molecule has 2 N–H and O–H groups in total. The second-order valence-corrected chi connectivity index (χ2v) is 6.55. The number of nitrogens with one attached hydrogen (secondary N) is 1. The fourth-order valence-electron chi connectivity index (χ4n) is 2.76. The molecule has 20 heavy (non-hydrogen) atoms. The Labute approximate surface area is 122 Å². The molecule has 112 valence electrons. The van der Waals surface area contributed by atoms with Crippen LogP contribution in [0.15, 0.2) is 0 Å². The van der Waals surface area contributed by atoms with Crippen LogP contribution in [0.25, 0.3) is 0 Å². The Morgan fingerprint density at radius 1 is 1.20 bits per heavy atom. The van der Waals surface area contributed by atoms with Crippen LogP contribution in [0.2, 0.25) is 0 Å². The number of aliphatic hydroxyl groups is 1. The van der Waals surface area contributed by atoms with Crippen molar-refractivity contribution in [1.82, 2.24) is 9.97 Å². The highest BCUT2D eigenvalue weighted by molar-refractivity contribution is 5.34. The number of aryl methyl sites for hydroxylation is 2. The minimum Gasteiger partial charge on any atom is -0.390 e. The lowest BCUT2D eigenvalue weighted by molar-refractivity contribution is -0.0370. The third kappa shape index (κ3) is 3.69. The largest absolute Gasteiger partial charge is 0.390 e. The van der Waals surface area contributed by atoms with Crippen LogP contribution in [0.3, 0.4) is 0 Å². The Kier molecular flexibility index (Phi) is 4.63. The van der Waals surface area contributed by atoms with Gasteiger partial charge < -0.3 is 10.4 Å². The van der Waals surface area contributed by atoms with E-state index in [1.807, 2.05) is 0 Å². The van der Waals surface area contributed by atoms with Crippen molar-refractivity contribution in [1.29, 1.82) is 0 Å². The first-order valence-electron chi connectivity index (χ1n) is 7.70. The molecule has 1 aliphatic carbocycles. The monoisotopic (exact) mass is 277 g/mol. The molecule has 0 amide bonds. The van der Waals surface area contributed by atoms with Crippen LogP contribution in [-0.2, 0) is 6.42 Å². The van der Waals surface area contributed by atoms with Gasteiger partial charge in [-0.05, 0) is 57.4 Å². The summed E-state index contributed by atoms with van der Waals surface area (Å²) in [4.78, 5) is 9.09. The molecule has 1 aromatic heterocycles. The zero-order valence-electron chi connectivity index (χ0n) is 13.2. The molecule has 0 atom stereocenters. The molecule has 0 radical (unpaired) electrons. The summed E-state index contributed by atoms with van der Waals surface area (Å²) in [6, 6.07) is 0. The smallest absolute Gasteiger partial charge is 0.223 e. The first-order chi connectivity index (χ1) is 9.39. The summed E-state index contributed by atoms with van der Waals surface area (Å²) in [5.41, 5.74) is 2.96. The van der Waals surface area contributed by atoms with Gasteiger partial charge >= 0.3 is 0 Å². The summed E-state index contributed by atoms with van der Waals surface area (Å²) >= 11 is 0. The molecule has 1 heterocycles. The number of anilines is 1. The van der Waals surface area contributed by atoms with Gasteiger partial charge in [-0.1, -0.05) is 13.8 Å². The summed E-state index contributed by atoms with van der Waals surface area (Å²) in [5, 5.41) is 13.3. The van der Waals surface area contributed by atoms with Crippen molar-refractivity contribution < 1.29 is 5.11 Å². The van der Waals surface area contributed by atoms with Gasteiger partial charge in [0, 0.05) is 17.9 Å². The Morgan fingerprint density at radius 2 is 1.80 bits per heavy atom. The predicted molar refractivity (Wildman–Crippen MR) is 82.0 cm³/mol. The lowest BCUT2D eigenvalue weighted by Gasteiger charge is -2.36. The molecule has 0 spiro atoms.